The van der Waals surface area contributed by atoms with Gasteiger partial charge in [-0.2, -0.15) is 5.10 Å². The highest BCUT2D eigenvalue weighted by Crippen LogP contribution is 2.20. The molecule has 2 rings (SSSR count). The van der Waals surface area contributed by atoms with E-state index in [9.17, 15) is 8.42 Å². The molecular formula is C15H21N3O2S. The van der Waals surface area contributed by atoms with E-state index in [2.05, 4.69) is 23.7 Å². The third-order valence-corrected chi connectivity index (χ3v) is 5.15. The molecule has 114 valence electrons. The fourth-order valence-electron chi connectivity index (χ4n) is 2.04. The number of nitrogens with zero attached hydrogens (tertiary/aromatic N) is 2. The van der Waals surface area contributed by atoms with E-state index in [0.717, 1.165) is 17.7 Å². The van der Waals surface area contributed by atoms with Crippen LogP contribution in [0.5, 0.6) is 0 Å². The summed E-state index contributed by atoms with van der Waals surface area (Å²) in [6.45, 7) is 4.47. The predicted octanol–water partition coefficient (Wildman–Crippen LogP) is 2.41. The van der Waals surface area contributed by atoms with Gasteiger partial charge in [0.15, 0.2) is 0 Å². The zero-order valence-electron chi connectivity index (χ0n) is 12.6. The minimum absolute atomic E-state index is 0.228. The number of sulfonamides is 1. The highest BCUT2D eigenvalue weighted by Gasteiger charge is 2.15. The summed E-state index contributed by atoms with van der Waals surface area (Å²) < 4.78 is 28.7. The molecule has 1 atom stereocenters. The zero-order valence-corrected chi connectivity index (χ0v) is 13.4. The van der Waals surface area contributed by atoms with Gasteiger partial charge in [0.25, 0.3) is 0 Å². The van der Waals surface area contributed by atoms with Crippen LogP contribution in [0.1, 0.15) is 37.4 Å². The van der Waals surface area contributed by atoms with Crippen LogP contribution in [0.4, 0.5) is 0 Å². The smallest absolute Gasteiger partial charge is 0.240 e. The Bertz CT molecular complexity index is 690. The third kappa shape index (κ3) is 3.71. The lowest BCUT2D eigenvalue weighted by atomic mass is 9.99. The Labute approximate surface area is 126 Å². The number of nitrogens with one attached hydrogen (secondary N) is 1. The summed E-state index contributed by atoms with van der Waals surface area (Å²) in [4.78, 5) is 0.289. The van der Waals surface area contributed by atoms with Gasteiger partial charge in [0.05, 0.1) is 17.1 Å². The lowest BCUT2D eigenvalue weighted by Gasteiger charge is -2.11. The predicted molar refractivity (Wildman–Crippen MR) is 82.4 cm³/mol. The maximum absolute atomic E-state index is 12.2. The van der Waals surface area contributed by atoms with E-state index < -0.39 is 10.0 Å². The molecule has 1 aromatic heterocycles. The topological polar surface area (TPSA) is 64.0 Å². The van der Waals surface area contributed by atoms with Gasteiger partial charge in [-0.15, -0.1) is 0 Å². The molecule has 0 bridgehead atoms. The van der Waals surface area contributed by atoms with E-state index in [-0.39, 0.29) is 11.4 Å². The Hall–Kier alpha value is -1.66. The van der Waals surface area contributed by atoms with Gasteiger partial charge in [-0.1, -0.05) is 26.0 Å². The van der Waals surface area contributed by atoms with Crippen molar-refractivity contribution >= 4 is 10.0 Å². The van der Waals surface area contributed by atoms with Crippen LogP contribution in [0.3, 0.4) is 0 Å². The molecule has 6 heteroatoms. The molecule has 1 heterocycles. The Morgan fingerprint density at radius 1 is 1.24 bits per heavy atom. The van der Waals surface area contributed by atoms with Crippen LogP contribution in [0.2, 0.25) is 0 Å². The van der Waals surface area contributed by atoms with Crippen molar-refractivity contribution in [1.82, 2.24) is 14.5 Å². The number of aryl methyl sites for hydroxylation is 1. The van der Waals surface area contributed by atoms with E-state index in [1.54, 1.807) is 36.1 Å². The molecule has 0 spiro atoms. The average Bonchev–Trinajstić information content (AvgIpc) is 2.90. The van der Waals surface area contributed by atoms with Gasteiger partial charge < -0.3 is 0 Å². The Kier molecular flexibility index (Phi) is 4.80. The van der Waals surface area contributed by atoms with Gasteiger partial charge in [0.1, 0.15) is 0 Å². The van der Waals surface area contributed by atoms with Crippen molar-refractivity contribution < 1.29 is 8.42 Å². The van der Waals surface area contributed by atoms with Crippen molar-refractivity contribution in [3.05, 3.63) is 47.8 Å². The second kappa shape index (κ2) is 6.41. The Morgan fingerprint density at radius 2 is 1.90 bits per heavy atom. The van der Waals surface area contributed by atoms with Crippen LogP contribution in [0.25, 0.3) is 0 Å². The van der Waals surface area contributed by atoms with Crippen LogP contribution >= 0.6 is 0 Å². The highest BCUT2D eigenvalue weighted by atomic mass is 32.2. The largest absolute Gasteiger partial charge is 0.271 e. The maximum Gasteiger partial charge on any atom is 0.240 e. The van der Waals surface area contributed by atoms with Crippen molar-refractivity contribution in [2.24, 2.45) is 7.05 Å². The van der Waals surface area contributed by atoms with Crippen LogP contribution in [0, 0.1) is 0 Å². The van der Waals surface area contributed by atoms with Crippen molar-refractivity contribution in [2.45, 2.75) is 37.6 Å². The Morgan fingerprint density at radius 3 is 2.43 bits per heavy atom. The molecule has 0 aliphatic rings. The molecule has 1 aromatic carbocycles. The summed E-state index contributed by atoms with van der Waals surface area (Å²) in [7, 11) is -1.71. The lowest BCUT2D eigenvalue weighted by Crippen LogP contribution is -2.24. The second-order valence-corrected chi connectivity index (χ2v) is 6.92. The SMILES string of the molecule is CCC(C)c1ccc(S(=O)(=O)NCc2ccnn2C)cc1. The fraction of sp³-hybridized carbons (Fsp3) is 0.400. The van der Waals surface area contributed by atoms with Gasteiger partial charge in [-0.05, 0) is 36.1 Å². The van der Waals surface area contributed by atoms with E-state index in [1.165, 1.54) is 0 Å². The Balaban J connectivity index is 2.10. The first-order valence-corrected chi connectivity index (χ1v) is 8.49. The van der Waals surface area contributed by atoms with Crippen molar-refractivity contribution in [1.29, 1.82) is 0 Å². The summed E-state index contributed by atoms with van der Waals surface area (Å²) in [5.41, 5.74) is 1.97. The highest BCUT2D eigenvalue weighted by molar-refractivity contribution is 7.89. The van der Waals surface area contributed by atoms with Gasteiger partial charge in [0.2, 0.25) is 10.0 Å². The normalized spacial score (nSPS) is 13.3. The van der Waals surface area contributed by atoms with Crippen LogP contribution < -0.4 is 4.72 Å². The van der Waals surface area contributed by atoms with Crippen molar-refractivity contribution in [3.8, 4) is 0 Å². The van der Waals surface area contributed by atoms with E-state index in [0.29, 0.717) is 5.92 Å². The summed E-state index contributed by atoms with van der Waals surface area (Å²) >= 11 is 0. The number of aromatic nitrogens is 2. The minimum atomic E-state index is -3.49. The van der Waals surface area contributed by atoms with Crippen molar-refractivity contribution in [2.75, 3.05) is 0 Å². The van der Waals surface area contributed by atoms with Crippen LogP contribution in [0.15, 0.2) is 41.4 Å². The van der Waals surface area contributed by atoms with Gasteiger partial charge >= 0.3 is 0 Å². The number of rotatable bonds is 6. The summed E-state index contributed by atoms with van der Waals surface area (Å²) in [5, 5.41) is 4.01. The molecule has 2 aromatic rings. The van der Waals surface area contributed by atoms with Gasteiger partial charge in [-0.25, -0.2) is 13.1 Å². The lowest BCUT2D eigenvalue weighted by molar-refractivity contribution is 0.577. The first kappa shape index (κ1) is 15.7. The summed E-state index contributed by atoms with van der Waals surface area (Å²) in [5.74, 6) is 0.434. The molecule has 0 saturated heterocycles. The quantitative estimate of drug-likeness (QED) is 0.891. The van der Waals surface area contributed by atoms with E-state index in [1.807, 2.05) is 12.1 Å². The molecule has 0 radical (unpaired) electrons. The standard InChI is InChI=1S/C15H21N3O2S/c1-4-12(2)13-5-7-15(8-6-13)21(19,20)17-11-14-9-10-16-18(14)3/h5-10,12,17H,4,11H2,1-3H3. The molecule has 5 nitrogen and oxygen atoms in total. The molecule has 0 fully saturated rings. The van der Waals surface area contributed by atoms with Crippen LogP contribution in [-0.2, 0) is 23.6 Å². The average molecular weight is 307 g/mol. The molecule has 21 heavy (non-hydrogen) atoms. The molecule has 1 unspecified atom stereocenters. The minimum Gasteiger partial charge on any atom is -0.271 e. The molecule has 0 aliphatic carbocycles. The van der Waals surface area contributed by atoms with Gasteiger partial charge in [-0.3, -0.25) is 4.68 Å². The third-order valence-electron chi connectivity index (χ3n) is 3.74. The summed E-state index contributed by atoms with van der Waals surface area (Å²) in [6.07, 6.45) is 2.68. The molecule has 0 saturated carbocycles. The van der Waals surface area contributed by atoms with E-state index >= 15 is 0 Å². The molecule has 0 aliphatic heterocycles. The first-order valence-electron chi connectivity index (χ1n) is 7.00. The summed E-state index contributed by atoms with van der Waals surface area (Å²) in [6, 6.07) is 8.87. The fourth-order valence-corrected chi connectivity index (χ4v) is 3.04. The first-order chi connectivity index (χ1) is 9.94. The monoisotopic (exact) mass is 307 g/mol. The molecule has 1 N–H and O–H groups in total. The zero-order chi connectivity index (χ0) is 15.5. The number of hydrogen-bond acceptors (Lipinski definition) is 3. The molecule has 0 amide bonds. The van der Waals surface area contributed by atoms with Crippen LogP contribution in [-0.4, -0.2) is 18.2 Å². The molecular weight excluding hydrogens is 286 g/mol. The van der Waals surface area contributed by atoms with Crippen molar-refractivity contribution in [3.63, 3.8) is 0 Å². The second-order valence-electron chi connectivity index (χ2n) is 5.15. The van der Waals surface area contributed by atoms with Gasteiger partial charge in [0, 0.05) is 13.2 Å². The maximum atomic E-state index is 12.2. The number of benzene rings is 1. The number of hydrogen-bond donors (Lipinski definition) is 1. The van der Waals surface area contributed by atoms with E-state index in [4.69, 9.17) is 0 Å².